The molecule has 6 aromatic rings. The van der Waals surface area contributed by atoms with E-state index in [1.165, 1.54) is 11.8 Å². The van der Waals surface area contributed by atoms with Gasteiger partial charge in [0, 0.05) is 24.2 Å². The van der Waals surface area contributed by atoms with E-state index in [9.17, 15) is 0 Å². The molecule has 7 atom stereocenters. The number of fused-ring (bicyclic) bond motifs is 6. The highest BCUT2D eigenvalue weighted by molar-refractivity contribution is 7.80. The Bertz CT molecular complexity index is 2190. The number of benzene rings is 5. The van der Waals surface area contributed by atoms with Gasteiger partial charge in [-0.05, 0) is 106 Å². The van der Waals surface area contributed by atoms with Crippen LogP contribution in [-0.4, -0.2) is 41.2 Å². The number of methoxy groups -OCH3 is 1. The number of rotatable bonds is 9. The maximum Gasteiger partial charge on any atom is 0.167 e. The topological polar surface area (TPSA) is 75.4 Å². The van der Waals surface area contributed by atoms with Crippen molar-refractivity contribution in [1.82, 2.24) is 20.5 Å². The Morgan fingerprint density at radius 3 is 2.28 bits per heavy atom. The molecule has 3 fully saturated rings. The number of nitrogens with zero attached hydrogens (tertiary/aromatic N) is 2. The summed E-state index contributed by atoms with van der Waals surface area (Å²) in [4.78, 5) is 7.35. The highest BCUT2D eigenvalue weighted by atomic mass is 32.1. The highest BCUT2D eigenvalue weighted by Crippen LogP contribution is 2.43. The number of nitrogens with two attached hydrogens (primary N) is 1. The van der Waals surface area contributed by atoms with Gasteiger partial charge >= 0.3 is 0 Å². The summed E-state index contributed by atoms with van der Waals surface area (Å²) in [5.74, 6) is 1.91. The monoisotopic (exact) mass is 677 g/mol. The van der Waals surface area contributed by atoms with Gasteiger partial charge in [0.25, 0.3) is 0 Å². The molecule has 4 heterocycles. The number of nitrogens with one attached hydrogen (secondary N) is 2. The Balaban J connectivity index is 1.20. The van der Waals surface area contributed by atoms with Crippen LogP contribution in [0, 0.1) is 11.8 Å². The summed E-state index contributed by atoms with van der Waals surface area (Å²) in [5, 5.41) is 13.9. The maximum absolute atomic E-state index is 7.36. The third-order valence-corrected chi connectivity index (χ3v) is 11.4. The molecule has 2 bridgehead atoms. The molecule has 0 spiro atoms. The van der Waals surface area contributed by atoms with E-state index in [0.717, 1.165) is 69.0 Å². The molecule has 4 unspecified atom stereocenters. The molecule has 252 valence electrons. The van der Waals surface area contributed by atoms with Crippen molar-refractivity contribution in [2.24, 2.45) is 17.6 Å². The van der Waals surface area contributed by atoms with E-state index in [1.54, 1.807) is 7.11 Å². The van der Waals surface area contributed by atoms with Crippen molar-refractivity contribution in [2.45, 2.75) is 37.0 Å². The standard InChI is InChI=1S/C43H43N5OS/c1-3-27-26-48-23-21-30(27)24-39(48)41(36-20-22-45-38-19-18-31(49-2)25-37(36)38)46-43(50)47-42(35-17-9-13-29-11-5-7-15-33(29)35)40(44)34-16-8-12-28-10-4-6-14-32(28)34/h3-20,22,25,27,30,39-42H,1,21,23-24,26,44H2,2H3,(H2,46,47,50)/t27?,30?,39?,40-,41-,42-/m1/s1. The smallest absolute Gasteiger partial charge is 0.167 e. The van der Waals surface area contributed by atoms with Crippen LogP contribution in [0.1, 0.15) is 47.7 Å². The molecule has 6 nitrogen and oxygen atoms in total. The Morgan fingerprint density at radius 1 is 0.880 bits per heavy atom. The molecule has 4 N–H and O–H groups in total. The first-order chi connectivity index (χ1) is 24.5. The van der Waals surface area contributed by atoms with E-state index >= 15 is 0 Å². The average molecular weight is 678 g/mol. The summed E-state index contributed by atoms with van der Waals surface area (Å²) in [6.07, 6.45) is 6.31. The predicted molar refractivity (Wildman–Crippen MR) is 209 cm³/mol. The van der Waals surface area contributed by atoms with Gasteiger partial charge in [-0.25, -0.2) is 0 Å². The Hall–Kier alpha value is -4.82. The predicted octanol–water partition coefficient (Wildman–Crippen LogP) is 8.39. The van der Waals surface area contributed by atoms with Gasteiger partial charge in [-0.3, -0.25) is 9.88 Å². The number of thiocarbonyl (C=S) groups is 1. The van der Waals surface area contributed by atoms with Crippen molar-refractivity contribution in [2.75, 3.05) is 20.2 Å². The normalized spacial score (nSPS) is 21.8. The molecule has 50 heavy (non-hydrogen) atoms. The van der Waals surface area contributed by atoms with Gasteiger partial charge in [0.15, 0.2) is 5.11 Å². The van der Waals surface area contributed by atoms with Crippen molar-refractivity contribution in [3.8, 4) is 5.75 Å². The molecule has 9 rings (SSSR count). The second kappa shape index (κ2) is 13.8. The van der Waals surface area contributed by atoms with Crippen LogP contribution in [0.5, 0.6) is 5.75 Å². The molecule has 3 saturated heterocycles. The second-order valence-corrected chi connectivity index (χ2v) is 14.2. The lowest BCUT2D eigenvalue weighted by molar-refractivity contribution is 0.00426. The zero-order chi connectivity index (χ0) is 34.2. The first kappa shape index (κ1) is 32.4. The van der Waals surface area contributed by atoms with Crippen molar-refractivity contribution in [1.29, 1.82) is 0 Å². The summed E-state index contributed by atoms with van der Waals surface area (Å²) >= 11 is 6.31. The Labute approximate surface area is 299 Å². The van der Waals surface area contributed by atoms with E-state index in [-0.39, 0.29) is 24.2 Å². The lowest BCUT2D eigenvalue weighted by Gasteiger charge is -2.52. The molecule has 0 radical (unpaired) electrons. The van der Waals surface area contributed by atoms with Crippen LogP contribution in [0.25, 0.3) is 32.4 Å². The lowest BCUT2D eigenvalue weighted by atomic mass is 9.73. The van der Waals surface area contributed by atoms with Gasteiger partial charge in [0.1, 0.15) is 5.75 Å². The van der Waals surface area contributed by atoms with Crippen molar-refractivity contribution >= 4 is 49.8 Å². The Kier molecular flexibility index (Phi) is 8.96. The van der Waals surface area contributed by atoms with E-state index in [4.69, 9.17) is 27.7 Å². The van der Waals surface area contributed by atoms with Gasteiger partial charge in [-0.1, -0.05) is 91.0 Å². The first-order valence-electron chi connectivity index (χ1n) is 17.6. The molecule has 3 aliphatic heterocycles. The minimum absolute atomic E-state index is 0.0943. The quantitative estimate of drug-likeness (QED) is 0.105. The van der Waals surface area contributed by atoms with Crippen molar-refractivity contribution in [3.63, 3.8) is 0 Å². The molecule has 0 amide bonds. The minimum atomic E-state index is -0.390. The SMILES string of the molecule is C=CC1CN2CCC1CC2[C@H](NC(=S)N[C@H](c1cccc2ccccc12)[C@H](N)c1cccc2ccccc12)c1ccnc2ccc(OC)cc12. The second-order valence-electron chi connectivity index (χ2n) is 13.8. The fourth-order valence-corrected chi connectivity index (χ4v) is 8.83. The molecule has 0 saturated carbocycles. The van der Waals surface area contributed by atoms with Gasteiger partial charge in [0.05, 0.1) is 30.8 Å². The summed E-state index contributed by atoms with van der Waals surface area (Å²) in [5.41, 5.74) is 11.6. The van der Waals surface area contributed by atoms with E-state index in [0.29, 0.717) is 16.9 Å². The molecule has 3 aliphatic rings. The Morgan fingerprint density at radius 2 is 1.58 bits per heavy atom. The van der Waals surface area contributed by atoms with Crippen LogP contribution >= 0.6 is 12.2 Å². The third kappa shape index (κ3) is 6.00. The number of hydrogen-bond donors (Lipinski definition) is 3. The van der Waals surface area contributed by atoms with Crippen LogP contribution in [0.4, 0.5) is 0 Å². The lowest BCUT2D eigenvalue weighted by Crippen LogP contribution is -2.58. The summed E-state index contributed by atoms with van der Waals surface area (Å²) in [6, 6.07) is 37.4. The summed E-state index contributed by atoms with van der Waals surface area (Å²) in [7, 11) is 1.71. The molecular formula is C43H43N5OS. The molecule has 1 aromatic heterocycles. The van der Waals surface area contributed by atoms with Gasteiger partial charge in [-0.15, -0.1) is 6.58 Å². The number of pyridine rings is 1. The summed E-state index contributed by atoms with van der Waals surface area (Å²) < 4.78 is 5.68. The van der Waals surface area contributed by atoms with E-state index in [1.807, 2.05) is 18.3 Å². The number of hydrogen-bond acceptors (Lipinski definition) is 5. The fourth-order valence-electron chi connectivity index (χ4n) is 8.58. The molecule has 5 aromatic carbocycles. The van der Waals surface area contributed by atoms with Gasteiger partial charge in [0.2, 0.25) is 0 Å². The van der Waals surface area contributed by atoms with Crippen LogP contribution in [0.2, 0.25) is 0 Å². The summed E-state index contributed by atoms with van der Waals surface area (Å²) in [6.45, 7) is 6.25. The zero-order valence-electron chi connectivity index (χ0n) is 28.3. The van der Waals surface area contributed by atoms with E-state index in [2.05, 4.69) is 125 Å². The third-order valence-electron chi connectivity index (χ3n) is 11.1. The van der Waals surface area contributed by atoms with Crippen molar-refractivity contribution < 1.29 is 4.74 Å². The van der Waals surface area contributed by atoms with Crippen molar-refractivity contribution in [3.05, 3.63) is 145 Å². The molecule has 7 heteroatoms. The van der Waals surface area contributed by atoms with Crippen LogP contribution < -0.4 is 21.1 Å². The number of piperidine rings is 3. The average Bonchev–Trinajstić information content (AvgIpc) is 3.18. The number of ether oxygens (including phenoxy) is 1. The van der Waals surface area contributed by atoms with Gasteiger partial charge in [-0.2, -0.15) is 0 Å². The highest BCUT2D eigenvalue weighted by Gasteiger charge is 2.43. The van der Waals surface area contributed by atoms with Crippen LogP contribution in [0.3, 0.4) is 0 Å². The van der Waals surface area contributed by atoms with Crippen LogP contribution in [0.15, 0.2) is 128 Å². The number of aromatic nitrogens is 1. The maximum atomic E-state index is 7.36. The first-order valence-corrected chi connectivity index (χ1v) is 18.0. The van der Waals surface area contributed by atoms with Crippen LogP contribution in [-0.2, 0) is 0 Å². The zero-order valence-corrected chi connectivity index (χ0v) is 29.2. The fraction of sp³-hybridized carbons (Fsp3) is 0.256. The van der Waals surface area contributed by atoms with Gasteiger partial charge < -0.3 is 21.1 Å². The van der Waals surface area contributed by atoms with E-state index < -0.39 is 0 Å². The largest absolute Gasteiger partial charge is 0.497 e. The molecular weight excluding hydrogens is 635 g/mol. The minimum Gasteiger partial charge on any atom is -0.497 e. The molecule has 0 aliphatic carbocycles.